The zero-order valence-corrected chi connectivity index (χ0v) is 19.0. The maximum absolute atomic E-state index is 12.8. The van der Waals surface area contributed by atoms with E-state index >= 15 is 0 Å². The summed E-state index contributed by atoms with van der Waals surface area (Å²) in [6.07, 6.45) is 4.08. The number of aryl methyl sites for hydroxylation is 1. The molecule has 1 amide bonds. The number of carbonyl (C=O) groups is 1. The van der Waals surface area contributed by atoms with Crippen molar-refractivity contribution in [2.45, 2.75) is 58.6 Å². The van der Waals surface area contributed by atoms with Crippen LogP contribution >= 0.6 is 0 Å². The fourth-order valence-corrected chi connectivity index (χ4v) is 5.81. The lowest BCUT2D eigenvalue weighted by Crippen LogP contribution is -2.53. The molecule has 3 heterocycles. The van der Waals surface area contributed by atoms with Crippen LogP contribution in [0.2, 0.25) is 0 Å². The highest BCUT2D eigenvalue weighted by molar-refractivity contribution is 5.70. The van der Waals surface area contributed by atoms with Crippen LogP contribution in [0.15, 0.2) is 42.5 Å². The first-order valence-electron chi connectivity index (χ1n) is 11.8. The first-order valence-corrected chi connectivity index (χ1v) is 11.8. The maximum atomic E-state index is 12.8. The van der Waals surface area contributed by atoms with Gasteiger partial charge in [-0.2, -0.15) is 0 Å². The molecule has 2 aromatic carbocycles. The number of hydrogen-bond acceptors (Lipinski definition) is 3. The zero-order chi connectivity index (χ0) is 21.6. The summed E-state index contributed by atoms with van der Waals surface area (Å²) in [5.74, 6) is 0.529. The van der Waals surface area contributed by atoms with Crippen molar-refractivity contribution in [3.63, 3.8) is 0 Å². The highest BCUT2D eigenvalue weighted by Gasteiger charge is 2.42. The SMILES string of the molecule is CCc1cccc(-c2ccc3c(c2)CC(C)(C)C3NC(=O)O[C@@H]2CN3CCC2CC3)c1. The van der Waals surface area contributed by atoms with E-state index in [4.69, 9.17) is 4.74 Å². The average molecular weight is 419 g/mol. The molecule has 3 fully saturated rings. The van der Waals surface area contributed by atoms with Crippen molar-refractivity contribution in [1.82, 2.24) is 10.2 Å². The molecule has 4 aliphatic rings. The normalized spacial score (nSPS) is 28.2. The Bertz CT molecular complexity index is 975. The van der Waals surface area contributed by atoms with E-state index in [-0.39, 0.29) is 23.7 Å². The third kappa shape index (κ3) is 3.98. The molecule has 0 aromatic heterocycles. The molecular formula is C27H34N2O2. The summed E-state index contributed by atoms with van der Waals surface area (Å²) in [5, 5.41) is 3.23. The van der Waals surface area contributed by atoms with Crippen LogP contribution in [0.3, 0.4) is 0 Å². The van der Waals surface area contributed by atoms with E-state index in [1.807, 2.05) is 0 Å². The molecule has 0 saturated carbocycles. The predicted octanol–water partition coefficient (Wildman–Crippen LogP) is 5.36. The number of amides is 1. The third-order valence-corrected chi connectivity index (χ3v) is 7.67. The van der Waals surface area contributed by atoms with Crippen LogP contribution < -0.4 is 5.32 Å². The van der Waals surface area contributed by atoms with Crippen LogP contribution in [0.25, 0.3) is 11.1 Å². The van der Waals surface area contributed by atoms with Gasteiger partial charge in [-0.15, -0.1) is 0 Å². The topological polar surface area (TPSA) is 41.6 Å². The van der Waals surface area contributed by atoms with Gasteiger partial charge in [0.05, 0.1) is 6.04 Å². The second-order valence-electron chi connectivity index (χ2n) is 10.3. The van der Waals surface area contributed by atoms with E-state index in [1.54, 1.807) is 0 Å². The molecular weight excluding hydrogens is 384 g/mol. The molecule has 4 heteroatoms. The second kappa shape index (κ2) is 7.98. The highest BCUT2D eigenvalue weighted by Crippen LogP contribution is 2.46. The predicted molar refractivity (Wildman–Crippen MR) is 124 cm³/mol. The summed E-state index contributed by atoms with van der Waals surface area (Å²) in [4.78, 5) is 15.3. The molecule has 1 N–H and O–H groups in total. The number of carbonyl (C=O) groups excluding carboxylic acids is 1. The van der Waals surface area contributed by atoms with Crippen molar-refractivity contribution < 1.29 is 9.53 Å². The van der Waals surface area contributed by atoms with Gasteiger partial charge < -0.3 is 10.1 Å². The van der Waals surface area contributed by atoms with Crippen LogP contribution in [-0.4, -0.2) is 36.7 Å². The first kappa shape index (κ1) is 20.6. The van der Waals surface area contributed by atoms with Crippen LogP contribution in [0.4, 0.5) is 4.79 Å². The van der Waals surface area contributed by atoms with Crippen molar-refractivity contribution in [2.24, 2.45) is 11.3 Å². The van der Waals surface area contributed by atoms with Gasteiger partial charge in [-0.1, -0.05) is 63.2 Å². The Balaban J connectivity index is 1.33. The van der Waals surface area contributed by atoms with E-state index in [2.05, 4.69) is 73.5 Å². The van der Waals surface area contributed by atoms with Gasteiger partial charge in [0.2, 0.25) is 0 Å². The standard InChI is InChI=1S/C27H34N2O2/c1-4-18-6-5-7-20(14-18)21-8-9-23-22(15-21)16-27(2,3)25(23)28-26(30)31-24-17-29-12-10-19(24)11-13-29/h5-9,14-15,19,24-25H,4,10-13,16-17H2,1-3H3,(H,28,30)/t24-,25?/m1/s1. The highest BCUT2D eigenvalue weighted by atomic mass is 16.6. The van der Waals surface area contributed by atoms with E-state index in [0.29, 0.717) is 5.92 Å². The quantitative estimate of drug-likeness (QED) is 0.727. The summed E-state index contributed by atoms with van der Waals surface area (Å²) < 4.78 is 5.92. The third-order valence-electron chi connectivity index (χ3n) is 7.67. The molecule has 6 rings (SSSR count). The van der Waals surface area contributed by atoms with Crippen LogP contribution in [0, 0.1) is 11.3 Å². The average Bonchev–Trinajstić information content (AvgIpc) is 3.03. The number of ether oxygens (including phenoxy) is 1. The largest absolute Gasteiger partial charge is 0.445 e. The fourth-order valence-electron chi connectivity index (χ4n) is 5.81. The lowest BCUT2D eigenvalue weighted by molar-refractivity contribution is -0.0348. The lowest BCUT2D eigenvalue weighted by atomic mass is 9.85. The molecule has 2 aromatic rings. The number of nitrogens with zero attached hydrogens (tertiary/aromatic N) is 1. The molecule has 1 unspecified atom stereocenters. The van der Waals surface area contributed by atoms with Crippen molar-refractivity contribution in [3.05, 3.63) is 59.2 Å². The minimum absolute atomic E-state index is 0.0212. The number of rotatable bonds is 4. The Hall–Kier alpha value is -2.33. The number of hydrogen-bond donors (Lipinski definition) is 1. The number of piperidine rings is 3. The molecule has 164 valence electrons. The molecule has 2 atom stereocenters. The van der Waals surface area contributed by atoms with Gasteiger partial charge >= 0.3 is 6.09 Å². The Morgan fingerprint density at radius 3 is 2.61 bits per heavy atom. The van der Waals surface area contributed by atoms with Gasteiger partial charge in [0.15, 0.2) is 0 Å². The van der Waals surface area contributed by atoms with Gasteiger partial charge in [0.25, 0.3) is 0 Å². The molecule has 3 aliphatic heterocycles. The number of benzene rings is 2. The van der Waals surface area contributed by atoms with Crippen molar-refractivity contribution in [2.75, 3.05) is 19.6 Å². The Kier molecular flexibility index (Phi) is 5.29. The fraction of sp³-hybridized carbons (Fsp3) is 0.519. The smallest absolute Gasteiger partial charge is 0.407 e. The molecule has 0 radical (unpaired) electrons. The Morgan fingerprint density at radius 1 is 1.13 bits per heavy atom. The number of fused-ring (bicyclic) bond motifs is 4. The van der Waals surface area contributed by atoms with E-state index in [0.717, 1.165) is 45.3 Å². The number of alkyl carbamates (subject to hydrolysis) is 1. The van der Waals surface area contributed by atoms with E-state index in [9.17, 15) is 4.79 Å². The molecule has 1 aliphatic carbocycles. The summed E-state index contributed by atoms with van der Waals surface area (Å²) in [5.41, 5.74) is 6.39. The van der Waals surface area contributed by atoms with Gasteiger partial charge in [-0.25, -0.2) is 4.79 Å². The molecule has 0 spiro atoms. The second-order valence-corrected chi connectivity index (χ2v) is 10.3. The van der Waals surface area contributed by atoms with Crippen LogP contribution in [0.5, 0.6) is 0 Å². The number of nitrogens with one attached hydrogen (secondary N) is 1. The summed E-state index contributed by atoms with van der Waals surface area (Å²) in [6.45, 7) is 9.86. The van der Waals surface area contributed by atoms with Gasteiger partial charge in [0, 0.05) is 6.54 Å². The van der Waals surface area contributed by atoms with Crippen molar-refractivity contribution in [1.29, 1.82) is 0 Å². The zero-order valence-electron chi connectivity index (χ0n) is 19.0. The molecule has 31 heavy (non-hydrogen) atoms. The van der Waals surface area contributed by atoms with E-state index in [1.165, 1.54) is 27.8 Å². The minimum atomic E-state index is -0.260. The first-order chi connectivity index (χ1) is 14.9. The Labute approximate surface area is 186 Å². The minimum Gasteiger partial charge on any atom is -0.445 e. The molecule has 3 saturated heterocycles. The lowest BCUT2D eigenvalue weighted by Gasteiger charge is -2.44. The summed E-state index contributed by atoms with van der Waals surface area (Å²) >= 11 is 0. The monoisotopic (exact) mass is 418 g/mol. The van der Waals surface area contributed by atoms with Gasteiger partial charge in [-0.05, 0) is 77.9 Å². The molecule has 2 bridgehead atoms. The van der Waals surface area contributed by atoms with Crippen molar-refractivity contribution in [3.8, 4) is 11.1 Å². The van der Waals surface area contributed by atoms with Crippen LogP contribution in [0.1, 0.15) is 56.3 Å². The van der Waals surface area contributed by atoms with Crippen LogP contribution in [-0.2, 0) is 17.6 Å². The maximum Gasteiger partial charge on any atom is 0.407 e. The van der Waals surface area contributed by atoms with Gasteiger partial charge in [-0.3, -0.25) is 4.90 Å². The molecule has 4 nitrogen and oxygen atoms in total. The van der Waals surface area contributed by atoms with Crippen molar-refractivity contribution >= 4 is 6.09 Å². The Morgan fingerprint density at radius 2 is 1.90 bits per heavy atom. The van der Waals surface area contributed by atoms with Gasteiger partial charge in [0.1, 0.15) is 6.10 Å². The summed E-state index contributed by atoms with van der Waals surface area (Å²) in [7, 11) is 0. The van der Waals surface area contributed by atoms with E-state index < -0.39 is 0 Å². The summed E-state index contributed by atoms with van der Waals surface area (Å²) in [6, 6.07) is 15.5.